The molecule has 0 unspecified atom stereocenters. The van der Waals surface area contributed by atoms with Gasteiger partial charge >= 0.3 is 6.36 Å². The lowest BCUT2D eigenvalue weighted by Crippen LogP contribution is -2.36. The van der Waals surface area contributed by atoms with E-state index in [9.17, 15) is 18.0 Å². The van der Waals surface area contributed by atoms with E-state index in [-0.39, 0.29) is 17.7 Å². The highest BCUT2D eigenvalue weighted by Crippen LogP contribution is 2.39. The van der Waals surface area contributed by atoms with Crippen molar-refractivity contribution in [3.63, 3.8) is 0 Å². The predicted molar refractivity (Wildman–Crippen MR) is 108 cm³/mol. The number of rotatable bonds is 6. The molecule has 30 heavy (non-hydrogen) atoms. The van der Waals surface area contributed by atoms with Gasteiger partial charge in [0.05, 0.1) is 11.3 Å². The largest absolute Gasteiger partial charge is 0.573 e. The molecule has 1 heterocycles. The van der Waals surface area contributed by atoms with Crippen LogP contribution in [-0.2, 0) is 6.54 Å². The first-order valence-electron chi connectivity index (χ1n) is 10.7. The summed E-state index contributed by atoms with van der Waals surface area (Å²) in [6.07, 6.45) is 2.79. The molecule has 2 aliphatic rings. The Bertz CT molecular complexity index is 910. The Morgan fingerprint density at radius 1 is 1.13 bits per heavy atom. The Hall–Kier alpha value is -2.44. The van der Waals surface area contributed by atoms with Crippen LogP contribution in [0.15, 0.2) is 30.3 Å². The molecule has 4 rings (SSSR count). The maximum atomic E-state index is 13.0. The van der Waals surface area contributed by atoms with Gasteiger partial charge in [-0.1, -0.05) is 31.4 Å². The molecule has 2 aliphatic carbocycles. The number of carbonyl (C=O) groups is 1. The van der Waals surface area contributed by atoms with Crippen LogP contribution in [0.1, 0.15) is 61.0 Å². The third-order valence-electron chi connectivity index (χ3n) is 6.08. The number of carbonyl (C=O) groups excluding carboxylic acids is 1. The van der Waals surface area contributed by atoms with Crippen LogP contribution in [0.5, 0.6) is 5.75 Å². The Kier molecular flexibility index (Phi) is 5.80. The zero-order valence-corrected chi connectivity index (χ0v) is 17.1. The minimum absolute atomic E-state index is 0.149. The molecule has 162 valence electrons. The van der Waals surface area contributed by atoms with E-state index in [1.807, 2.05) is 11.5 Å². The van der Waals surface area contributed by atoms with Gasteiger partial charge < -0.3 is 14.6 Å². The zero-order chi connectivity index (χ0) is 21.3. The van der Waals surface area contributed by atoms with Gasteiger partial charge in [-0.3, -0.25) is 4.79 Å². The molecule has 1 aromatic heterocycles. The number of ether oxygens (including phenoxy) is 1. The third kappa shape index (κ3) is 4.82. The molecule has 2 aromatic rings. The fraction of sp³-hybridized carbons (Fsp3) is 0.522. The summed E-state index contributed by atoms with van der Waals surface area (Å²) in [7, 11) is 0. The van der Waals surface area contributed by atoms with Crippen LogP contribution in [0.4, 0.5) is 13.2 Å². The van der Waals surface area contributed by atoms with Crippen LogP contribution in [-0.4, -0.2) is 22.9 Å². The van der Waals surface area contributed by atoms with E-state index in [0.29, 0.717) is 29.3 Å². The molecule has 2 saturated carbocycles. The average molecular weight is 420 g/mol. The van der Waals surface area contributed by atoms with Crippen molar-refractivity contribution in [2.24, 2.45) is 5.92 Å². The molecule has 0 radical (unpaired) electrons. The van der Waals surface area contributed by atoms with Crippen molar-refractivity contribution in [3.05, 3.63) is 41.6 Å². The maximum Gasteiger partial charge on any atom is 0.573 e. The van der Waals surface area contributed by atoms with Crippen molar-refractivity contribution < 1.29 is 22.7 Å². The molecule has 2 fully saturated rings. The standard InChI is InChI=1S/C23H27F3N2O2/c1-15-19(22(29)27-17-7-3-2-4-8-17)13-20(28(15)14-16-11-12-16)18-9-5-6-10-21(18)30-23(24,25)26/h5-6,9-10,13,16-17H,2-4,7-8,11-12,14H2,1H3,(H,27,29). The zero-order valence-electron chi connectivity index (χ0n) is 17.1. The number of para-hydroxylation sites is 1. The summed E-state index contributed by atoms with van der Waals surface area (Å²) in [6.45, 7) is 2.56. The van der Waals surface area contributed by atoms with Crippen molar-refractivity contribution in [2.75, 3.05) is 0 Å². The van der Waals surface area contributed by atoms with Gasteiger partial charge in [0.1, 0.15) is 5.75 Å². The highest BCUT2D eigenvalue weighted by molar-refractivity contribution is 5.97. The van der Waals surface area contributed by atoms with Gasteiger partial charge in [0.25, 0.3) is 5.91 Å². The number of nitrogens with one attached hydrogen (secondary N) is 1. The average Bonchev–Trinajstić information content (AvgIpc) is 3.46. The summed E-state index contributed by atoms with van der Waals surface area (Å²) in [5.74, 6) is 0.100. The Balaban J connectivity index is 1.69. The second-order valence-electron chi connectivity index (χ2n) is 8.44. The van der Waals surface area contributed by atoms with Crippen LogP contribution in [0.3, 0.4) is 0 Å². The van der Waals surface area contributed by atoms with Crippen molar-refractivity contribution >= 4 is 5.91 Å². The number of halogens is 3. The number of nitrogens with zero attached hydrogens (tertiary/aromatic N) is 1. The van der Waals surface area contributed by atoms with Gasteiger partial charge in [-0.25, -0.2) is 0 Å². The first-order valence-corrected chi connectivity index (χ1v) is 10.7. The van der Waals surface area contributed by atoms with Crippen LogP contribution in [0.25, 0.3) is 11.3 Å². The van der Waals surface area contributed by atoms with Crippen LogP contribution >= 0.6 is 0 Å². The van der Waals surface area contributed by atoms with E-state index in [1.165, 1.54) is 18.6 Å². The fourth-order valence-corrected chi connectivity index (χ4v) is 4.29. The molecular weight excluding hydrogens is 393 g/mol. The maximum absolute atomic E-state index is 13.0. The molecular formula is C23H27F3N2O2. The van der Waals surface area contributed by atoms with E-state index in [4.69, 9.17) is 0 Å². The first kappa shape index (κ1) is 20.8. The molecule has 0 saturated heterocycles. The molecule has 0 bridgehead atoms. The third-order valence-corrected chi connectivity index (χ3v) is 6.08. The SMILES string of the molecule is Cc1c(C(=O)NC2CCCCC2)cc(-c2ccccc2OC(F)(F)F)n1CC1CC1. The topological polar surface area (TPSA) is 43.3 Å². The van der Waals surface area contributed by atoms with Gasteiger partial charge in [-0.05, 0) is 56.7 Å². The number of amides is 1. The second kappa shape index (κ2) is 8.36. The molecule has 7 heteroatoms. The van der Waals surface area contributed by atoms with Gasteiger partial charge in [0.2, 0.25) is 0 Å². The Morgan fingerprint density at radius 3 is 2.50 bits per heavy atom. The van der Waals surface area contributed by atoms with Gasteiger partial charge in [-0.2, -0.15) is 0 Å². The van der Waals surface area contributed by atoms with E-state index >= 15 is 0 Å². The van der Waals surface area contributed by atoms with Gasteiger partial charge in [0, 0.05) is 23.8 Å². The highest BCUT2D eigenvalue weighted by atomic mass is 19.4. The van der Waals surface area contributed by atoms with Crippen LogP contribution in [0.2, 0.25) is 0 Å². The molecule has 1 N–H and O–H groups in total. The van der Waals surface area contributed by atoms with Crippen molar-refractivity contribution in [2.45, 2.75) is 70.8 Å². The number of hydrogen-bond acceptors (Lipinski definition) is 2. The van der Waals surface area contributed by atoms with Crippen LogP contribution < -0.4 is 10.1 Å². The monoisotopic (exact) mass is 420 g/mol. The van der Waals surface area contributed by atoms with Crippen molar-refractivity contribution in [3.8, 4) is 17.0 Å². The lowest BCUT2D eigenvalue weighted by atomic mass is 9.95. The quantitative estimate of drug-likeness (QED) is 0.639. The Morgan fingerprint density at radius 2 is 1.83 bits per heavy atom. The fourth-order valence-electron chi connectivity index (χ4n) is 4.29. The first-order chi connectivity index (χ1) is 14.3. The lowest BCUT2D eigenvalue weighted by Gasteiger charge is -2.22. The normalized spacial score (nSPS) is 17.7. The predicted octanol–water partition coefficient (Wildman–Crippen LogP) is 5.83. The molecule has 0 spiro atoms. The summed E-state index contributed by atoms with van der Waals surface area (Å²) < 4.78 is 45.1. The molecule has 1 aromatic carbocycles. The summed E-state index contributed by atoms with van der Waals surface area (Å²) in [5.41, 5.74) is 2.24. The van der Waals surface area contributed by atoms with Crippen molar-refractivity contribution in [1.82, 2.24) is 9.88 Å². The molecule has 0 atom stereocenters. The second-order valence-corrected chi connectivity index (χ2v) is 8.44. The number of aromatic nitrogens is 1. The summed E-state index contributed by atoms with van der Waals surface area (Å²) in [4.78, 5) is 13.0. The van der Waals surface area contributed by atoms with Gasteiger partial charge in [0.15, 0.2) is 0 Å². The van der Waals surface area contributed by atoms with Gasteiger partial charge in [-0.15, -0.1) is 13.2 Å². The Labute approximate surface area is 174 Å². The molecule has 0 aliphatic heterocycles. The molecule has 4 nitrogen and oxygen atoms in total. The van der Waals surface area contributed by atoms with Crippen LogP contribution in [0, 0.1) is 12.8 Å². The minimum Gasteiger partial charge on any atom is -0.405 e. The molecule has 1 amide bonds. The summed E-state index contributed by atoms with van der Waals surface area (Å²) in [6, 6.07) is 8.01. The number of benzene rings is 1. The summed E-state index contributed by atoms with van der Waals surface area (Å²) >= 11 is 0. The lowest BCUT2D eigenvalue weighted by molar-refractivity contribution is -0.274. The van der Waals surface area contributed by atoms with Crippen molar-refractivity contribution in [1.29, 1.82) is 0 Å². The van der Waals surface area contributed by atoms with E-state index in [0.717, 1.165) is 44.2 Å². The number of alkyl halides is 3. The minimum atomic E-state index is -4.78. The summed E-state index contributed by atoms with van der Waals surface area (Å²) in [5, 5.41) is 3.13. The number of hydrogen-bond donors (Lipinski definition) is 1. The highest BCUT2D eigenvalue weighted by Gasteiger charge is 2.33. The van der Waals surface area contributed by atoms with E-state index in [1.54, 1.807) is 18.2 Å². The van der Waals surface area contributed by atoms with E-state index < -0.39 is 6.36 Å². The van der Waals surface area contributed by atoms with E-state index in [2.05, 4.69) is 10.1 Å². The smallest absolute Gasteiger partial charge is 0.405 e.